The largest absolute Gasteiger partial charge is 0.480 e. The smallest absolute Gasteiger partial charge is 0.327 e. The molecule has 2 unspecified atom stereocenters. The number of carbonyl (C=O) groups excluding carboxylic acids is 1. The molecule has 21 heavy (non-hydrogen) atoms. The molecule has 5 nitrogen and oxygen atoms in total. The summed E-state index contributed by atoms with van der Waals surface area (Å²) in [6.45, 7) is 2.26. The van der Waals surface area contributed by atoms with Crippen molar-refractivity contribution >= 4 is 35.4 Å². The first-order chi connectivity index (χ1) is 10.0. The number of urea groups is 1. The van der Waals surface area contributed by atoms with Crippen LogP contribution in [0.3, 0.4) is 0 Å². The number of aliphatic carboxylic acids is 1. The quantitative estimate of drug-likeness (QED) is 0.895. The Labute approximate surface area is 132 Å². The van der Waals surface area contributed by atoms with Crippen molar-refractivity contribution in [2.24, 2.45) is 0 Å². The Hall–Kier alpha value is -1.40. The molecule has 1 aliphatic rings. The van der Waals surface area contributed by atoms with Crippen molar-refractivity contribution in [2.45, 2.75) is 19.0 Å². The fourth-order valence-electron chi connectivity index (χ4n) is 2.22. The van der Waals surface area contributed by atoms with Gasteiger partial charge < -0.3 is 15.3 Å². The predicted octanol–water partition coefficient (Wildman–Crippen LogP) is 2.61. The summed E-state index contributed by atoms with van der Waals surface area (Å²) in [7, 11) is 0. The van der Waals surface area contributed by atoms with Crippen LogP contribution >= 0.6 is 23.4 Å². The van der Waals surface area contributed by atoms with Gasteiger partial charge in [-0.25, -0.2) is 9.59 Å². The molecule has 1 aliphatic heterocycles. The Morgan fingerprint density at radius 1 is 1.48 bits per heavy atom. The average molecular weight is 329 g/mol. The number of rotatable bonds is 3. The van der Waals surface area contributed by atoms with E-state index >= 15 is 0 Å². The second-order valence-electron chi connectivity index (χ2n) is 4.82. The van der Waals surface area contributed by atoms with Gasteiger partial charge in [0.2, 0.25) is 0 Å². The van der Waals surface area contributed by atoms with Gasteiger partial charge in [-0.1, -0.05) is 29.8 Å². The van der Waals surface area contributed by atoms with Gasteiger partial charge >= 0.3 is 12.0 Å². The van der Waals surface area contributed by atoms with E-state index in [1.54, 1.807) is 17.8 Å². The SMILES string of the molecule is CC(NC(=O)N1CCSCC1C(=O)O)c1ccccc1Cl. The normalized spacial score (nSPS) is 19.9. The van der Waals surface area contributed by atoms with Crippen LogP contribution in [-0.2, 0) is 4.79 Å². The molecule has 2 N–H and O–H groups in total. The third kappa shape index (κ3) is 3.83. The number of thioether (sulfide) groups is 1. The standard InChI is InChI=1S/C14H17ClN2O3S/c1-9(10-4-2-3-5-11(10)15)16-14(20)17-6-7-21-8-12(17)13(18)19/h2-5,9,12H,6-8H2,1H3,(H,16,20)(H,18,19). The molecule has 1 aromatic carbocycles. The van der Waals surface area contributed by atoms with Gasteiger partial charge in [0.05, 0.1) is 6.04 Å². The highest BCUT2D eigenvalue weighted by molar-refractivity contribution is 7.99. The lowest BCUT2D eigenvalue weighted by Crippen LogP contribution is -2.54. The monoisotopic (exact) mass is 328 g/mol. The molecule has 2 rings (SSSR count). The maximum Gasteiger partial charge on any atom is 0.327 e. The number of carbonyl (C=O) groups is 2. The second kappa shape index (κ2) is 7.04. The average Bonchev–Trinajstić information content (AvgIpc) is 2.47. The molecule has 2 amide bonds. The van der Waals surface area contributed by atoms with E-state index in [1.165, 1.54) is 4.90 Å². The number of benzene rings is 1. The van der Waals surface area contributed by atoms with E-state index in [-0.39, 0.29) is 12.1 Å². The van der Waals surface area contributed by atoms with E-state index in [1.807, 2.05) is 25.1 Å². The first kappa shape index (κ1) is 16.0. The van der Waals surface area contributed by atoms with Crippen molar-refractivity contribution in [3.8, 4) is 0 Å². The van der Waals surface area contributed by atoms with E-state index < -0.39 is 12.0 Å². The van der Waals surface area contributed by atoms with Crippen molar-refractivity contribution in [3.63, 3.8) is 0 Å². The molecule has 0 spiro atoms. The Kier molecular flexibility index (Phi) is 5.36. The van der Waals surface area contributed by atoms with Crippen LogP contribution < -0.4 is 5.32 Å². The topological polar surface area (TPSA) is 69.6 Å². The van der Waals surface area contributed by atoms with Crippen LogP contribution in [0.15, 0.2) is 24.3 Å². The zero-order valence-electron chi connectivity index (χ0n) is 11.6. The lowest BCUT2D eigenvalue weighted by molar-refractivity contribution is -0.141. The number of carboxylic acid groups (broad SMARTS) is 1. The lowest BCUT2D eigenvalue weighted by atomic mass is 10.1. The first-order valence-corrected chi connectivity index (χ1v) is 8.16. The highest BCUT2D eigenvalue weighted by Gasteiger charge is 2.33. The molecular formula is C14H17ClN2O3S. The van der Waals surface area contributed by atoms with Gasteiger partial charge in [0.15, 0.2) is 0 Å². The Bertz CT molecular complexity index is 541. The minimum absolute atomic E-state index is 0.282. The van der Waals surface area contributed by atoms with Crippen molar-refractivity contribution in [1.82, 2.24) is 10.2 Å². The molecule has 7 heteroatoms. The zero-order chi connectivity index (χ0) is 15.4. The number of carboxylic acids is 1. The van der Waals surface area contributed by atoms with Crippen LogP contribution in [0, 0.1) is 0 Å². The molecule has 1 fully saturated rings. The molecule has 0 radical (unpaired) electrons. The zero-order valence-corrected chi connectivity index (χ0v) is 13.2. The van der Waals surface area contributed by atoms with Gasteiger partial charge in [0.1, 0.15) is 6.04 Å². The molecule has 0 bridgehead atoms. The van der Waals surface area contributed by atoms with Gasteiger partial charge in [-0.3, -0.25) is 0 Å². The molecule has 0 saturated carbocycles. The number of nitrogens with zero attached hydrogens (tertiary/aromatic N) is 1. The summed E-state index contributed by atoms with van der Waals surface area (Å²) >= 11 is 7.65. The molecule has 2 atom stereocenters. The van der Waals surface area contributed by atoms with Gasteiger partial charge in [-0.15, -0.1) is 0 Å². The molecule has 1 saturated heterocycles. The Morgan fingerprint density at radius 3 is 2.86 bits per heavy atom. The molecule has 1 aromatic rings. The van der Waals surface area contributed by atoms with Crippen LogP contribution in [0.25, 0.3) is 0 Å². The molecule has 0 aromatic heterocycles. The number of hydrogen-bond donors (Lipinski definition) is 2. The van der Waals surface area contributed by atoms with E-state index in [4.69, 9.17) is 11.6 Å². The third-order valence-electron chi connectivity index (χ3n) is 3.39. The maximum absolute atomic E-state index is 12.3. The maximum atomic E-state index is 12.3. The van der Waals surface area contributed by atoms with Crippen molar-refractivity contribution in [1.29, 1.82) is 0 Å². The third-order valence-corrected chi connectivity index (χ3v) is 4.75. The Morgan fingerprint density at radius 2 is 2.19 bits per heavy atom. The van der Waals surface area contributed by atoms with E-state index in [0.717, 1.165) is 11.3 Å². The highest BCUT2D eigenvalue weighted by atomic mass is 35.5. The summed E-state index contributed by atoms with van der Waals surface area (Å²) in [5.41, 5.74) is 0.811. The first-order valence-electron chi connectivity index (χ1n) is 6.63. The summed E-state index contributed by atoms with van der Waals surface area (Å²) in [5, 5.41) is 12.6. The van der Waals surface area contributed by atoms with Gasteiger partial charge in [-0.2, -0.15) is 11.8 Å². The minimum Gasteiger partial charge on any atom is -0.480 e. The number of hydrogen-bond acceptors (Lipinski definition) is 3. The number of nitrogens with one attached hydrogen (secondary N) is 1. The van der Waals surface area contributed by atoms with Crippen molar-refractivity contribution in [2.75, 3.05) is 18.1 Å². The fraction of sp³-hybridized carbons (Fsp3) is 0.429. The van der Waals surface area contributed by atoms with E-state index in [9.17, 15) is 14.7 Å². The van der Waals surface area contributed by atoms with Crippen LogP contribution in [0.5, 0.6) is 0 Å². The summed E-state index contributed by atoms with van der Waals surface area (Å²) in [6.07, 6.45) is 0. The number of amides is 2. The van der Waals surface area contributed by atoms with Crippen LogP contribution in [-0.4, -0.2) is 46.1 Å². The molecule has 114 valence electrons. The Balaban J connectivity index is 2.06. The van der Waals surface area contributed by atoms with Crippen LogP contribution in [0.1, 0.15) is 18.5 Å². The molecule has 1 heterocycles. The minimum atomic E-state index is -0.970. The van der Waals surface area contributed by atoms with E-state index in [0.29, 0.717) is 17.3 Å². The predicted molar refractivity (Wildman–Crippen MR) is 83.9 cm³/mol. The second-order valence-corrected chi connectivity index (χ2v) is 6.37. The van der Waals surface area contributed by atoms with Crippen molar-refractivity contribution in [3.05, 3.63) is 34.9 Å². The highest BCUT2D eigenvalue weighted by Crippen LogP contribution is 2.23. The molecular weight excluding hydrogens is 312 g/mol. The van der Waals surface area contributed by atoms with Crippen LogP contribution in [0.4, 0.5) is 4.79 Å². The van der Waals surface area contributed by atoms with Gasteiger partial charge in [-0.05, 0) is 18.6 Å². The van der Waals surface area contributed by atoms with Crippen LogP contribution in [0.2, 0.25) is 5.02 Å². The summed E-state index contributed by atoms with van der Waals surface area (Å²) in [6, 6.07) is 5.85. The van der Waals surface area contributed by atoms with Gasteiger partial charge in [0.25, 0.3) is 0 Å². The molecule has 0 aliphatic carbocycles. The van der Waals surface area contributed by atoms with Crippen molar-refractivity contribution < 1.29 is 14.7 Å². The lowest BCUT2D eigenvalue weighted by Gasteiger charge is -2.33. The fourth-order valence-corrected chi connectivity index (χ4v) is 3.56. The van der Waals surface area contributed by atoms with E-state index in [2.05, 4.69) is 5.32 Å². The summed E-state index contributed by atoms with van der Waals surface area (Å²) in [5.74, 6) is 0.198. The number of halogens is 1. The summed E-state index contributed by atoms with van der Waals surface area (Å²) in [4.78, 5) is 24.9. The van der Waals surface area contributed by atoms with Gasteiger partial charge in [0, 0.05) is 23.1 Å². The summed E-state index contributed by atoms with van der Waals surface area (Å²) < 4.78 is 0.